The van der Waals surface area contributed by atoms with E-state index in [1.165, 1.54) is 0 Å². The Morgan fingerprint density at radius 3 is 2.44 bits per heavy atom. The van der Waals surface area contributed by atoms with Crippen molar-refractivity contribution in [2.75, 3.05) is 25.7 Å². The van der Waals surface area contributed by atoms with E-state index in [0.717, 1.165) is 5.69 Å². The molecule has 3 N–H and O–H groups in total. The van der Waals surface area contributed by atoms with Crippen LogP contribution in [0.1, 0.15) is 24.2 Å². The van der Waals surface area contributed by atoms with E-state index in [0.29, 0.717) is 18.7 Å². The lowest BCUT2D eigenvalue weighted by Crippen LogP contribution is -2.39. The van der Waals surface area contributed by atoms with Gasteiger partial charge in [0.1, 0.15) is 0 Å². The predicted octanol–water partition coefficient (Wildman–Crippen LogP) is 1.47. The average Bonchev–Trinajstić information content (AvgIpc) is 2.38. The fraction of sp³-hybridized carbons (Fsp3) is 0.462. The third-order valence-electron chi connectivity index (χ3n) is 2.72. The highest BCUT2D eigenvalue weighted by molar-refractivity contribution is 5.94. The maximum atomic E-state index is 12.3. The zero-order valence-corrected chi connectivity index (χ0v) is 11.1. The maximum Gasteiger partial charge on any atom is 0.254 e. The number of hydrazine groups is 1. The number of hydrogen-bond donors (Lipinski definition) is 2. The monoisotopic (exact) mass is 251 g/mol. The summed E-state index contributed by atoms with van der Waals surface area (Å²) in [6.07, 6.45) is 0. The number of nitrogens with one attached hydrogen (secondary N) is 1. The molecule has 0 saturated heterocycles. The van der Waals surface area contributed by atoms with Gasteiger partial charge in [-0.1, -0.05) is 0 Å². The molecular weight excluding hydrogens is 230 g/mol. The minimum Gasteiger partial charge on any atom is -0.383 e. The highest BCUT2D eigenvalue weighted by Gasteiger charge is 2.18. The molecule has 1 aromatic rings. The first-order valence-electron chi connectivity index (χ1n) is 5.96. The molecule has 5 heteroatoms. The number of nitrogens with zero attached hydrogens (tertiary/aromatic N) is 1. The highest BCUT2D eigenvalue weighted by atomic mass is 16.5. The molecule has 100 valence electrons. The highest BCUT2D eigenvalue weighted by Crippen LogP contribution is 2.12. The van der Waals surface area contributed by atoms with Crippen molar-refractivity contribution in [2.45, 2.75) is 19.9 Å². The van der Waals surface area contributed by atoms with Crippen molar-refractivity contribution in [3.63, 3.8) is 0 Å². The molecule has 1 aromatic carbocycles. The quantitative estimate of drug-likeness (QED) is 0.593. The van der Waals surface area contributed by atoms with Crippen molar-refractivity contribution in [1.29, 1.82) is 0 Å². The van der Waals surface area contributed by atoms with Gasteiger partial charge >= 0.3 is 0 Å². The number of rotatable bonds is 6. The number of ether oxygens (including phenoxy) is 1. The van der Waals surface area contributed by atoms with Crippen LogP contribution in [0, 0.1) is 0 Å². The molecule has 0 fully saturated rings. The van der Waals surface area contributed by atoms with Crippen molar-refractivity contribution in [2.24, 2.45) is 5.84 Å². The van der Waals surface area contributed by atoms with E-state index in [1.807, 2.05) is 13.8 Å². The summed E-state index contributed by atoms with van der Waals surface area (Å²) in [5.41, 5.74) is 3.96. The predicted molar refractivity (Wildman–Crippen MR) is 72.3 cm³/mol. The molecular formula is C13H21N3O2. The molecule has 1 amide bonds. The Hall–Kier alpha value is -1.59. The summed E-state index contributed by atoms with van der Waals surface area (Å²) in [6, 6.07) is 7.23. The smallest absolute Gasteiger partial charge is 0.254 e. The Labute approximate surface area is 108 Å². The van der Waals surface area contributed by atoms with Crippen LogP contribution in [0.25, 0.3) is 0 Å². The van der Waals surface area contributed by atoms with E-state index in [9.17, 15) is 4.79 Å². The largest absolute Gasteiger partial charge is 0.383 e. The lowest BCUT2D eigenvalue weighted by atomic mass is 10.1. The molecule has 0 unspecified atom stereocenters. The van der Waals surface area contributed by atoms with Gasteiger partial charge in [-0.15, -0.1) is 0 Å². The van der Waals surface area contributed by atoms with Crippen LogP contribution in [0.2, 0.25) is 0 Å². The first-order valence-corrected chi connectivity index (χ1v) is 5.96. The van der Waals surface area contributed by atoms with Crippen LogP contribution in [0.15, 0.2) is 24.3 Å². The number of nitrogens with two attached hydrogens (primary N) is 1. The van der Waals surface area contributed by atoms with Gasteiger partial charge in [-0.3, -0.25) is 10.6 Å². The minimum atomic E-state index is 0.00521. The van der Waals surface area contributed by atoms with Gasteiger partial charge in [0.2, 0.25) is 0 Å². The van der Waals surface area contributed by atoms with E-state index in [-0.39, 0.29) is 11.9 Å². The summed E-state index contributed by atoms with van der Waals surface area (Å²) in [5.74, 6) is 5.29. The SMILES string of the molecule is COCCN(C(=O)c1ccc(NN)cc1)C(C)C. The summed E-state index contributed by atoms with van der Waals surface area (Å²) < 4.78 is 5.02. The molecule has 0 spiro atoms. The molecule has 0 aliphatic carbocycles. The molecule has 0 atom stereocenters. The van der Waals surface area contributed by atoms with Crippen LogP contribution in [0.4, 0.5) is 5.69 Å². The molecule has 18 heavy (non-hydrogen) atoms. The van der Waals surface area contributed by atoms with Gasteiger partial charge in [0, 0.05) is 30.9 Å². The second-order valence-electron chi connectivity index (χ2n) is 4.31. The number of hydrogen-bond acceptors (Lipinski definition) is 4. The van der Waals surface area contributed by atoms with Crippen LogP contribution in [0.3, 0.4) is 0 Å². The number of carbonyl (C=O) groups excluding carboxylic acids is 1. The Balaban J connectivity index is 2.80. The first-order chi connectivity index (χ1) is 8.60. The molecule has 5 nitrogen and oxygen atoms in total. The second kappa shape index (κ2) is 6.98. The van der Waals surface area contributed by atoms with E-state index in [2.05, 4.69) is 5.43 Å². The summed E-state index contributed by atoms with van der Waals surface area (Å²) in [6.45, 7) is 5.10. The fourth-order valence-corrected chi connectivity index (χ4v) is 1.66. The third-order valence-corrected chi connectivity index (χ3v) is 2.72. The second-order valence-corrected chi connectivity index (χ2v) is 4.31. The molecule has 0 bridgehead atoms. The molecule has 0 aliphatic heterocycles. The van der Waals surface area contributed by atoms with Crippen molar-refractivity contribution in [3.8, 4) is 0 Å². The number of amides is 1. The van der Waals surface area contributed by atoms with Gasteiger partial charge < -0.3 is 15.1 Å². The third kappa shape index (κ3) is 3.72. The van der Waals surface area contributed by atoms with Crippen molar-refractivity contribution in [1.82, 2.24) is 4.90 Å². The molecule has 0 heterocycles. The Morgan fingerprint density at radius 2 is 2.00 bits per heavy atom. The molecule has 0 radical (unpaired) electrons. The topological polar surface area (TPSA) is 67.6 Å². The lowest BCUT2D eigenvalue weighted by Gasteiger charge is -2.26. The maximum absolute atomic E-state index is 12.3. The van der Waals surface area contributed by atoms with Gasteiger partial charge in [0.25, 0.3) is 5.91 Å². The number of methoxy groups -OCH3 is 1. The fourth-order valence-electron chi connectivity index (χ4n) is 1.66. The lowest BCUT2D eigenvalue weighted by molar-refractivity contribution is 0.0635. The zero-order chi connectivity index (χ0) is 13.5. The van der Waals surface area contributed by atoms with Crippen LogP contribution in [0.5, 0.6) is 0 Å². The molecule has 1 rings (SSSR count). The van der Waals surface area contributed by atoms with Gasteiger partial charge in [-0.2, -0.15) is 0 Å². The number of anilines is 1. The van der Waals surface area contributed by atoms with E-state index >= 15 is 0 Å². The zero-order valence-electron chi connectivity index (χ0n) is 11.1. The van der Waals surface area contributed by atoms with Crippen molar-refractivity contribution < 1.29 is 9.53 Å². The normalized spacial score (nSPS) is 10.5. The van der Waals surface area contributed by atoms with Gasteiger partial charge in [-0.25, -0.2) is 0 Å². The van der Waals surface area contributed by atoms with E-state index in [1.54, 1.807) is 36.3 Å². The van der Waals surface area contributed by atoms with Crippen LogP contribution < -0.4 is 11.3 Å². The molecule has 0 aromatic heterocycles. The standard InChI is InChI=1S/C13H21N3O2/c1-10(2)16(8-9-18-3)13(17)11-4-6-12(15-14)7-5-11/h4-7,10,15H,8-9,14H2,1-3H3. The summed E-state index contributed by atoms with van der Waals surface area (Å²) in [7, 11) is 1.63. The van der Waals surface area contributed by atoms with Crippen LogP contribution in [-0.4, -0.2) is 37.1 Å². The van der Waals surface area contributed by atoms with Gasteiger partial charge in [0.05, 0.1) is 6.61 Å². The van der Waals surface area contributed by atoms with Crippen LogP contribution >= 0.6 is 0 Å². The Kier molecular flexibility index (Phi) is 5.61. The van der Waals surface area contributed by atoms with Crippen molar-refractivity contribution in [3.05, 3.63) is 29.8 Å². The number of carbonyl (C=O) groups is 1. The first kappa shape index (κ1) is 14.5. The Bertz CT molecular complexity index is 376. The van der Waals surface area contributed by atoms with E-state index in [4.69, 9.17) is 10.6 Å². The van der Waals surface area contributed by atoms with Gasteiger partial charge in [0.15, 0.2) is 0 Å². The van der Waals surface area contributed by atoms with Crippen LogP contribution in [-0.2, 0) is 4.74 Å². The summed E-state index contributed by atoms with van der Waals surface area (Å²) >= 11 is 0. The average molecular weight is 251 g/mol. The molecule has 0 aliphatic rings. The molecule has 0 saturated carbocycles. The number of nitrogen functional groups attached to an aromatic ring is 1. The number of benzene rings is 1. The minimum absolute atomic E-state index is 0.00521. The summed E-state index contributed by atoms with van der Waals surface area (Å²) in [4.78, 5) is 14.1. The van der Waals surface area contributed by atoms with Crippen molar-refractivity contribution >= 4 is 11.6 Å². The van der Waals surface area contributed by atoms with Gasteiger partial charge in [-0.05, 0) is 38.1 Å². The Morgan fingerprint density at radius 1 is 1.39 bits per heavy atom. The van der Waals surface area contributed by atoms with E-state index < -0.39 is 0 Å². The summed E-state index contributed by atoms with van der Waals surface area (Å²) in [5, 5.41) is 0.